The largest absolute Gasteiger partial charge is 0.483 e. The van der Waals surface area contributed by atoms with Crippen molar-refractivity contribution in [1.82, 2.24) is 4.90 Å². The lowest BCUT2D eigenvalue weighted by molar-refractivity contribution is -0.139. The zero-order valence-electron chi connectivity index (χ0n) is 11.7. The molecular weight excluding hydrogens is 325 g/mol. The second kappa shape index (κ2) is 6.57. The van der Waals surface area contributed by atoms with E-state index in [0.717, 1.165) is 19.3 Å². The van der Waals surface area contributed by atoms with Crippen LogP contribution in [0, 0.1) is 5.82 Å². The van der Waals surface area contributed by atoms with Crippen molar-refractivity contribution in [1.29, 1.82) is 0 Å². The fourth-order valence-corrected chi connectivity index (χ4v) is 3.18. The number of halogens is 2. The maximum absolute atomic E-state index is 13.0. The van der Waals surface area contributed by atoms with E-state index in [1.54, 1.807) is 0 Å². The average Bonchev–Trinajstić information content (AvgIpc) is 2.37. The first-order chi connectivity index (χ1) is 9.49. The van der Waals surface area contributed by atoms with Gasteiger partial charge in [-0.05, 0) is 67.2 Å². The molecule has 0 bridgehead atoms. The van der Waals surface area contributed by atoms with Gasteiger partial charge < -0.3 is 9.64 Å². The Bertz CT molecular complexity index is 485. The lowest BCUT2D eigenvalue weighted by Gasteiger charge is -2.39. The van der Waals surface area contributed by atoms with Crippen LogP contribution in [0.1, 0.15) is 33.1 Å². The summed E-state index contributed by atoms with van der Waals surface area (Å²) in [7, 11) is 0. The van der Waals surface area contributed by atoms with Crippen LogP contribution in [0.15, 0.2) is 22.7 Å². The molecule has 20 heavy (non-hydrogen) atoms. The zero-order valence-corrected chi connectivity index (χ0v) is 13.3. The summed E-state index contributed by atoms with van der Waals surface area (Å²) in [6.45, 7) is 4.13. The van der Waals surface area contributed by atoms with Crippen molar-refractivity contribution in [2.24, 2.45) is 0 Å². The number of likely N-dealkylation sites (tertiary alicyclic amines) is 1. The number of rotatable bonds is 3. The van der Waals surface area contributed by atoms with Gasteiger partial charge in [-0.15, -0.1) is 0 Å². The van der Waals surface area contributed by atoms with E-state index in [2.05, 4.69) is 29.8 Å². The molecule has 2 atom stereocenters. The van der Waals surface area contributed by atoms with Crippen LogP contribution in [0.4, 0.5) is 4.39 Å². The van der Waals surface area contributed by atoms with Crippen molar-refractivity contribution in [3.05, 3.63) is 28.5 Å². The molecule has 0 radical (unpaired) electrons. The zero-order chi connectivity index (χ0) is 14.7. The fraction of sp³-hybridized carbons (Fsp3) is 0.533. The molecule has 3 nitrogen and oxygen atoms in total. The summed E-state index contributed by atoms with van der Waals surface area (Å²) in [6.07, 6.45) is 3.24. The molecule has 2 rings (SSSR count). The van der Waals surface area contributed by atoms with Crippen LogP contribution >= 0.6 is 15.9 Å². The number of hydrogen-bond donors (Lipinski definition) is 0. The molecule has 1 saturated heterocycles. The van der Waals surface area contributed by atoms with Crippen LogP contribution < -0.4 is 4.74 Å². The third-order valence-electron chi connectivity index (χ3n) is 3.73. The first kappa shape index (κ1) is 15.3. The summed E-state index contributed by atoms with van der Waals surface area (Å²) in [6, 6.07) is 4.68. The summed E-state index contributed by atoms with van der Waals surface area (Å²) in [5, 5.41) is 0. The molecule has 0 spiro atoms. The fourth-order valence-electron chi connectivity index (χ4n) is 2.72. The third-order valence-corrected chi connectivity index (χ3v) is 4.35. The van der Waals surface area contributed by atoms with E-state index in [1.807, 2.05) is 4.90 Å². The average molecular weight is 344 g/mol. The highest BCUT2D eigenvalue weighted by Crippen LogP contribution is 2.26. The van der Waals surface area contributed by atoms with Gasteiger partial charge in [0.25, 0.3) is 5.91 Å². The molecule has 0 saturated carbocycles. The van der Waals surface area contributed by atoms with E-state index in [9.17, 15) is 9.18 Å². The van der Waals surface area contributed by atoms with Gasteiger partial charge in [-0.1, -0.05) is 0 Å². The van der Waals surface area contributed by atoms with E-state index >= 15 is 0 Å². The predicted molar refractivity (Wildman–Crippen MR) is 79.2 cm³/mol. The summed E-state index contributed by atoms with van der Waals surface area (Å²) in [5.41, 5.74) is 0. The number of benzene rings is 1. The van der Waals surface area contributed by atoms with Crippen molar-refractivity contribution in [2.45, 2.75) is 45.2 Å². The molecule has 1 aliphatic heterocycles. The highest BCUT2D eigenvalue weighted by atomic mass is 79.9. The molecule has 0 N–H and O–H groups in total. The predicted octanol–water partition coefficient (Wildman–Crippen LogP) is 3.76. The van der Waals surface area contributed by atoms with Crippen molar-refractivity contribution < 1.29 is 13.9 Å². The molecule has 1 amide bonds. The summed E-state index contributed by atoms with van der Waals surface area (Å²) in [4.78, 5) is 14.2. The second-order valence-corrected chi connectivity index (χ2v) is 6.15. The van der Waals surface area contributed by atoms with Crippen molar-refractivity contribution in [3.8, 4) is 5.75 Å². The van der Waals surface area contributed by atoms with E-state index in [-0.39, 0.29) is 30.4 Å². The Morgan fingerprint density at radius 2 is 2.05 bits per heavy atom. The van der Waals surface area contributed by atoms with Gasteiger partial charge in [0.2, 0.25) is 0 Å². The third kappa shape index (κ3) is 3.51. The molecule has 1 aromatic carbocycles. The lowest BCUT2D eigenvalue weighted by Crippen LogP contribution is -2.49. The molecule has 5 heteroatoms. The van der Waals surface area contributed by atoms with Crippen LogP contribution in [0.25, 0.3) is 0 Å². The van der Waals surface area contributed by atoms with Crippen LogP contribution in [-0.2, 0) is 4.79 Å². The Kier molecular flexibility index (Phi) is 5.02. The minimum atomic E-state index is -0.339. The van der Waals surface area contributed by atoms with E-state index in [4.69, 9.17) is 4.74 Å². The molecule has 0 aromatic heterocycles. The lowest BCUT2D eigenvalue weighted by atomic mass is 9.97. The Hall–Kier alpha value is -1.10. The number of carbonyl (C=O) groups excluding carboxylic acids is 1. The van der Waals surface area contributed by atoms with Crippen molar-refractivity contribution >= 4 is 21.8 Å². The normalized spacial score (nSPS) is 22.7. The molecule has 1 aromatic rings. The first-order valence-corrected chi connectivity index (χ1v) is 7.67. The Labute approximate surface area is 127 Å². The molecule has 1 fully saturated rings. The van der Waals surface area contributed by atoms with Gasteiger partial charge in [-0.25, -0.2) is 4.39 Å². The van der Waals surface area contributed by atoms with Gasteiger partial charge in [0.15, 0.2) is 6.61 Å². The van der Waals surface area contributed by atoms with Gasteiger partial charge in [0, 0.05) is 12.1 Å². The Balaban J connectivity index is 1.97. The van der Waals surface area contributed by atoms with Crippen LogP contribution in [0.3, 0.4) is 0 Å². The minimum absolute atomic E-state index is 0.0130. The van der Waals surface area contributed by atoms with Crippen LogP contribution in [0.2, 0.25) is 0 Å². The van der Waals surface area contributed by atoms with Gasteiger partial charge in [-0.3, -0.25) is 4.79 Å². The number of nitrogens with zero attached hydrogens (tertiary/aromatic N) is 1. The van der Waals surface area contributed by atoms with Gasteiger partial charge in [0.05, 0.1) is 4.47 Å². The van der Waals surface area contributed by atoms with Crippen molar-refractivity contribution in [3.63, 3.8) is 0 Å². The molecule has 110 valence electrons. The topological polar surface area (TPSA) is 29.5 Å². The van der Waals surface area contributed by atoms with Gasteiger partial charge in [-0.2, -0.15) is 0 Å². The SMILES string of the molecule is CC1CCCC(C)N1C(=O)COc1ccc(F)cc1Br. The summed E-state index contributed by atoms with van der Waals surface area (Å²) in [5.74, 6) is 0.131. The number of amides is 1. The number of ether oxygens (including phenoxy) is 1. The smallest absolute Gasteiger partial charge is 0.260 e. The van der Waals surface area contributed by atoms with Gasteiger partial charge >= 0.3 is 0 Å². The number of carbonyl (C=O) groups is 1. The van der Waals surface area contributed by atoms with E-state index in [0.29, 0.717) is 10.2 Å². The Morgan fingerprint density at radius 3 is 2.65 bits per heavy atom. The highest BCUT2D eigenvalue weighted by Gasteiger charge is 2.29. The maximum Gasteiger partial charge on any atom is 0.260 e. The Morgan fingerprint density at radius 1 is 1.40 bits per heavy atom. The van der Waals surface area contributed by atoms with Crippen LogP contribution in [-0.4, -0.2) is 29.5 Å². The summed E-state index contributed by atoms with van der Waals surface area (Å²) < 4.78 is 19.0. The molecule has 1 aliphatic rings. The standard InChI is InChI=1S/C15H19BrFNO2/c1-10-4-3-5-11(2)18(10)15(19)9-20-14-7-6-12(17)8-13(14)16/h6-8,10-11H,3-5,9H2,1-2H3. The quantitative estimate of drug-likeness (QED) is 0.836. The first-order valence-electron chi connectivity index (χ1n) is 6.88. The molecule has 1 heterocycles. The van der Waals surface area contributed by atoms with Gasteiger partial charge in [0.1, 0.15) is 11.6 Å². The van der Waals surface area contributed by atoms with E-state index < -0.39 is 0 Å². The molecular formula is C15H19BrFNO2. The molecule has 0 aliphatic carbocycles. The maximum atomic E-state index is 13.0. The van der Waals surface area contributed by atoms with Crippen molar-refractivity contribution in [2.75, 3.05) is 6.61 Å². The second-order valence-electron chi connectivity index (χ2n) is 5.29. The monoisotopic (exact) mass is 343 g/mol. The molecule has 2 unspecified atom stereocenters. The number of piperidine rings is 1. The summed E-state index contributed by atoms with van der Waals surface area (Å²) >= 11 is 3.23. The number of hydrogen-bond acceptors (Lipinski definition) is 2. The van der Waals surface area contributed by atoms with E-state index in [1.165, 1.54) is 18.2 Å². The highest BCUT2D eigenvalue weighted by molar-refractivity contribution is 9.10. The minimum Gasteiger partial charge on any atom is -0.483 e. The van der Waals surface area contributed by atoms with Crippen LogP contribution in [0.5, 0.6) is 5.75 Å².